The molecule has 0 aliphatic carbocycles. The molecule has 0 radical (unpaired) electrons. The van der Waals surface area contributed by atoms with Crippen LogP contribution in [0.25, 0.3) is 0 Å². The first-order valence-electron chi connectivity index (χ1n) is 4.76. The summed E-state index contributed by atoms with van der Waals surface area (Å²) in [4.78, 5) is 0. The minimum atomic E-state index is -0.572. The fourth-order valence-electron chi connectivity index (χ4n) is 1.77. The number of ether oxygens (including phenoxy) is 1. The SMILES string of the molecule is COc1c(C)c(C)c(Cl)c(C)c1C(N)N. The summed E-state index contributed by atoms with van der Waals surface area (Å²) in [7, 11) is 1.61. The molecule has 0 bridgehead atoms. The van der Waals surface area contributed by atoms with Crippen molar-refractivity contribution in [2.45, 2.75) is 26.9 Å². The maximum Gasteiger partial charge on any atom is 0.128 e. The molecule has 0 saturated heterocycles. The minimum Gasteiger partial charge on any atom is -0.496 e. The third-order valence-electron chi connectivity index (χ3n) is 2.75. The lowest BCUT2D eigenvalue weighted by Gasteiger charge is -2.20. The number of hydrogen-bond acceptors (Lipinski definition) is 3. The summed E-state index contributed by atoms with van der Waals surface area (Å²) in [6.07, 6.45) is -0.572. The predicted octanol–water partition coefficient (Wildman–Crippen LogP) is 2.19. The van der Waals surface area contributed by atoms with Crippen LogP contribution < -0.4 is 16.2 Å². The van der Waals surface area contributed by atoms with E-state index in [1.807, 2.05) is 20.8 Å². The van der Waals surface area contributed by atoms with Crippen molar-refractivity contribution in [3.63, 3.8) is 0 Å². The second kappa shape index (κ2) is 4.39. The normalized spacial score (nSPS) is 10.9. The van der Waals surface area contributed by atoms with Crippen LogP contribution in [0.2, 0.25) is 5.02 Å². The van der Waals surface area contributed by atoms with Gasteiger partial charge in [0.2, 0.25) is 0 Å². The lowest BCUT2D eigenvalue weighted by atomic mass is 9.97. The van der Waals surface area contributed by atoms with E-state index in [1.165, 1.54) is 0 Å². The van der Waals surface area contributed by atoms with Crippen molar-refractivity contribution < 1.29 is 4.74 Å². The summed E-state index contributed by atoms with van der Waals surface area (Å²) in [5.74, 6) is 0.740. The fourth-order valence-corrected chi connectivity index (χ4v) is 2.01. The highest BCUT2D eigenvalue weighted by atomic mass is 35.5. The van der Waals surface area contributed by atoms with E-state index >= 15 is 0 Å². The third kappa shape index (κ3) is 1.95. The Hall–Kier alpha value is -0.770. The van der Waals surface area contributed by atoms with Gasteiger partial charge in [-0.25, -0.2) is 0 Å². The van der Waals surface area contributed by atoms with Crippen LogP contribution in [0.5, 0.6) is 5.75 Å². The Kier molecular flexibility index (Phi) is 3.60. The molecule has 84 valence electrons. The Morgan fingerprint density at radius 2 is 1.60 bits per heavy atom. The van der Waals surface area contributed by atoms with Crippen LogP contribution in [-0.2, 0) is 0 Å². The molecule has 4 heteroatoms. The number of methoxy groups -OCH3 is 1. The van der Waals surface area contributed by atoms with Crippen molar-refractivity contribution in [1.29, 1.82) is 0 Å². The summed E-state index contributed by atoms with van der Waals surface area (Å²) in [6.45, 7) is 5.81. The van der Waals surface area contributed by atoms with E-state index < -0.39 is 6.17 Å². The van der Waals surface area contributed by atoms with Gasteiger partial charge in [0.15, 0.2) is 0 Å². The van der Waals surface area contributed by atoms with Crippen LogP contribution >= 0.6 is 11.6 Å². The molecule has 0 spiro atoms. The van der Waals surface area contributed by atoms with Gasteiger partial charge in [-0.15, -0.1) is 0 Å². The molecule has 1 aromatic carbocycles. The first-order valence-corrected chi connectivity index (χ1v) is 5.13. The number of rotatable bonds is 2. The van der Waals surface area contributed by atoms with Gasteiger partial charge in [0.1, 0.15) is 5.75 Å². The quantitative estimate of drug-likeness (QED) is 0.763. The highest BCUT2D eigenvalue weighted by Crippen LogP contribution is 2.37. The predicted molar refractivity (Wildman–Crippen MR) is 63.3 cm³/mol. The number of benzene rings is 1. The van der Waals surface area contributed by atoms with Crippen molar-refractivity contribution in [1.82, 2.24) is 0 Å². The Bertz CT molecular complexity index is 389. The smallest absolute Gasteiger partial charge is 0.128 e. The summed E-state index contributed by atoms with van der Waals surface area (Å²) < 4.78 is 5.34. The maximum atomic E-state index is 6.19. The molecule has 0 aliphatic heterocycles. The van der Waals surface area contributed by atoms with Crippen LogP contribution in [-0.4, -0.2) is 7.11 Å². The van der Waals surface area contributed by atoms with Gasteiger partial charge in [-0.05, 0) is 37.5 Å². The molecule has 0 atom stereocenters. The maximum absolute atomic E-state index is 6.19. The first kappa shape index (κ1) is 12.3. The third-order valence-corrected chi connectivity index (χ3v) is 3.31. The monoisotopic (exact) mass is 228 g/mol. The van der Waals surface area contributed by atoms with Crippen LogP contribution in [0, 0.1) is 20.8 Å². The zero-order valence-electron chi connectivity index (χ0n) is 9.52. The van der Waals surface area contributed by atoms with E-state index in [1.54, 1.807) is 7.11 Å². The van der Waals surface area contributed by atoms with E-state index in [0.717, 1.165) is 28.0 Å². The second-order valence-electron chi connectivity index (χ2n) is 3.66. The molecule has 0 heterocycles. The van der Waals surface area contributed by atoms with Gasteiger partial charge in [0, 0.05) is 10.6 Å². The lowest BCUT2D eigenvalue weighted by molar-refractivity contribution is 0.402. The summed E-state index contributed by atoms with van der Waals surface area (Å²) >= 11 is 6.19. The highest BCUT2D eigenvalue weighted by molar-refractivity contribution is 6.32. The Labute approximate surface area is 95.4 Å². The molecule has 1 aromatic rings. The summed E-state index contributed by atoms with van der Waals surface area (Å²) in [5, 5.41) is 0.712. The molecule has 4 N–H and O–H groups in total. The van der Waals surface area contributed by atoms with Crippen molar-refractivity contribution in [3.05, 3.63) is 27.3 Å². The van der Waals surface area contributed by atoms with Crippen molar-refractivity contribution in [2.24, 2.45) is 11.5 Å². The van der Waals surface area contributed by atoms with Crippen LogP contribution in [0.3, 0.4) is 0 Å². The molecule has 0 amide bonds. The van der Waals surface area contributed by atoms with E-state index in [-0.39, 0.29) is 0 Å². The zero-order valence-corrected chi connectivity index (χ0v) is 10.3. The largest absolute Gasteiger partial charge is 0.496 e. The molecule has 15 heavy (non-hydrogen) atoms. The van der Waals surface area contributed by atoms with E-state index in [0.29, 0.717) is 5.02 Å². The zero-order chi connectivity index (χ0) is 11.7. The molecule has 1 rings (SSSR count). The lowest BCUT2D eigenvalue weighted by Crippen LogP contribution is -2.22. The van der Waals surface area contributed by atoms with Gasteiger partial charge in [-0.1, -0.05) is 11.6 Å². The molecule has 0 unspecified atom stereocenters. The van der Waals surface area contributed by atoms with Crippen molar-refractivity contribution in [2.75, 3.05) is 7.11 Å². The minimum absolute atomic E-state index is 0.572. The van der Waals surface area contributed by atoms with E-state index in [9.17, 15) is 0 Å². The van der Waals surface area contributed by atoms with Crippen LogP contribution in [0.4, 0.5) is 0 Å². The van der Waals surface area contributed by atoms with E-state index in [2.05, 4.69) is 0 Å². The average molecular weight is 229 g/mol. The van der Waals surface area contributed by atoms with Crippen LogP contribution in [0.1, 0.15) is 28.4 Å². The van der Waals surface area contributed by atoms with Gasteiger partial charge in [0.05, 0.1) is 13.3 Å². The number of nitrogens with two attached hydrogens (primary N) is 2. The number of halogens is 1. The molecule has 0 saturated carbocycles. The molecular weight excluding hydrogens is 212 g/mol. The van der Waals surface area contributed by atoms with Gasteiger partial charge >= 0.3 is 0 Å². The fraction of sp³-hybridized carbons (Fsp3) is 0.455. The molecular formula is C11H17ClN2O. The van der Waals surface area contributed by atoms with Gasteiger partial charge in [0.25, 0.3) is 0 Å². The first-order chi connectivity index (χ1) is 6.91. The second-order valence-corrected chi connectivity index (χ2v) is 4.04. The van der Waals surface area contributed by atoms with E-state index in [4.69, 9.17) is 27.8 Å². The van der Waals surface area contributed by atoms with Gasteiger partial charge in [-0.3, -0.25) is 0 Å². The average Bonchev–Trinajstić information content (AvgIpc) is 2.19. The summed E-state index contributed by atoms with van der Waals surface area (Å²) in [6, 6.07) is 0. The van der Waals surface area contributed by atoms with Crippen molar-refractivity contribution >= 4 is 11.6 Å². The highest BCUT2D eigenvalue weighted by Gasteiger charge is 2.19. The van der Waals surface area contributed by atoms with Crippen molar-refractivity contribution in [3.8, 4) is 5.75 Å². The topological polar surface area (TPSA) is 61.3 Å². The molecule has 0 aromatic heterocycles. The van der Waals surface area contributed by atoms with Gasteiger partial charge < -0.3 is 16.2 Å². The molecule has 0 aliphatic rings. The Morgan fingerprint density at radius 1 is 1.07 bits per heavy atom. The molecule has 0 fully saturated rings. The van der Waals surface area contributed by atoms with Crippen LogP contribution in [0.15, 0.2) is 0 Å². The Morgan fingerprint density at radius 3 is 2.00 bits per heavy atom. The standard InChI is InChI=1S/C11H17ClN2O/c1-5-6(2)10(15-4)8(11(13)14)7(3)9(5)12/h11H,13-14H2,1-4H3. The number of hydrogen-bond donors (Lipinski definition) is 2. The molecule has 3 nitrogen and oxygen atoms in total. The summed E-state index contributed by atoms with van der Waals surface area (Å²) in [5.41, 5.74) is 15.1. The van der Waals surface area contributed by atoms with Gasteiger partial charge in [-0.2, -0.15) is 0 Å². The Balaban J connectivity index is 3.62.